The van der Waals surface area contributed by atoms with Crippen LogP contribution in [0.25, 0.3) is 0 Å². The summed E-state index contributed by atoms with van der Waals surface area (Å²) in [5, 5.41) is 4.39. The Morgan fingerprint density at radius 1 is 1.56 bits per heavy atom. The summed E-state index contributed by atoms with van der Waals surface area (Å²) in [6.45, 7) is 7.89. The van der Waals surface area contributed by atoms with E-state index in [1.807, 2.05) is 13.1 Å². The third-order valence-electron chi connectivity index (χ3n) is 2.25. The molecule has 92 valence electrons. The van der Waals surface area contributed by atoms with Gasteiger partial charge in [0.1, 0.15) is 5.01 Å². The zero-order chi connectivity index (χ0) is 12.0. The van der Waals surface area contributed by atoms with E-state index in [0.29, 0.717) is 5.92 Å². The Labute approximate surface area is 104 Å². The first-order chi connectivity index (χ1) is 7.63. The molecule has 1 heterocycles. The van der Waals surface area contributed by atoms with Crippen LogP contribution in [0.2, 0.25) is 0 Å². The average molecular weight is 260 g/mol. The van der Waals surface area contributed by atoms with Crippen LogP contribution in [0.1, 0.15) is 36.6 Å². The van der Waals surface area contributed by atoms with Crippen molar-refractivity contribution in [3.63, 3.8) is 0 Å². The molecule has 0 aliphatic rings. The number of hydrogen-bond donors (Lipinski definition) is 1. The smallest absolute Gasteiger partial charge is 0.107 e. The van der Waals surface area contributed by atoms with E-state index in [2.05, 4.69) is 24.1 Å². The first-order valence-electron chi connectivity index (χ1n) is 5.63. The van der Waals surface area contributed by atoms with E-state index in [1.54, 1.807) is 11.3 Å². The lowest BCUT2D eigenvalue weighted by Crippen LogP contribution is -2.20. The van der Waals surface area contributed by atoms with Crippen molar-refractivity contribution in [3.05, 3.63) is 16.1 Å². The van der Waals surface area contributed by atoms with E-state index in [0.717, 1.165) is 29.6 Å². The van der Waals surface area contributed by atoms with Gasteiger partial charge < -0.3 is 5.32 Å². The Morgan fingerprint density at radius 2 is 2.31 bits per heavy atom. The highest BCUT2D eigenvalue weighted by Crippen LogP contribution is 2.21. The Balaban J connectivity index is 2.24. The first kappa shape index (κ1) is 13.8. The zero-order valence-electron chi connectivity index (χ0n) is 10.2. The van der Waals surface area contributed by atoms with Crippen molar-refractivity contribution in [2.24, 2.45) is 0 Å². The third kappa shape index (κ3) is 4.72. The van der Waals surface area contributed by atoms with Gasteiger partial charge in [0.25, 0.3) is 0 Å². The van der Waals surface area contributed by atoms with Crippen molar-refractivity contribution in [2.45, 2.75) is 33.2 Å². The Bertz CT molecular complexity index is 336. The number of hydrogen-bond acceptors (Lipinski definition) is 4. The molecule has 1 N–H and O–H groups in total. The van der Waals surface area contributed by atoms with E-state index >= 15 is 0 Å². The fourth-order valence-electron chi connectivity index (χ4n) is 1.20. The maximum atomic E-state index is 11.2. The van der Waals surface area contributed by atoms with Gasteiger partial charge in [0.15, 0.2) is 0 Å². The summed E-state index contributed by atoms with van der Waals surface area (Å²) in [5.74, 6) is 2.04. The van der Waals surface area contributed by atoms with Crippen LogP contribution in [-0.4, -0.2) is 27.2 Å². The van der Waals surface area contributed by atoms with E-state index in [1.165, 1.54) is 4.88 Å². The minimum atomic E-state index is -0.666. The summed E-state index contributed by atoms with van der Waals surface area (Å²) in [6.07, 6.45) is 1.95. The van der Waals surface area contributed by atoms with Gasteiger partial charge in [-0.3, -0.25) is 4.21 Å². The quantitative estimate of drug-likeness (QED) is 0.764. The molecule has 1 unspecified atom stereocenters. The molecule has 1 aromatic heterocycles. The van der Waals surface area contributed by atoms with Crippen LogP contribution in [0.4, 0.5) is 0 Å². The number of thiazole rings is 1. The van der Waals surface area contributed by atoms with Gasteiger partial charge in [-0.2, -0.15) is 0 Å². The van der Waals surface area contributed by atoms with Crippen LogP contribution >= 0.6 is 11.3 Å². The molecule has 3 nitrogen and oxygen atoms in total. The predicted molar refractivity (Wildman–Crippen MR) is 71.5 cm³/mol. The molecule has 5 heteroatoms. The highest BCUT2D eigenvalue weighted by atomic mass is 32.2. The van der Waals surface area contributed by atoms with Crippen LogP contribution in [-0.2, 0) is 17.3 Å². The molecular weight excluding hydrogens is 240 g/mol. The summed E-state index contributed by atoms with van der Waals surface area (Å²) in [6, 6.07) is 0. The van der Waals surface area contributed by atoms with Crippen LogP contribution < -0.4 is 5.32 Å². The highest BCUT2D eigenvalue weighted by molar-refractivity contribution is 7.84. The first-order valence-corrected chi connectivity index (χ1v) is 7.94. The molecule has 0 saturated heterocycles. The molecule has 0 saturated carbocycles. The topological polar surface area (TPSA) is 42.0 Å². The van der Waals surface area contributed by atoms with Crippen molar-refractivity contribution in [1.29, 1.82) is 0 Å². The zero-order valence-corrected chi connectivity index (χ0v) is 11.8. The number of aromatic nitrogens is 1. The summed E-state index contributed by atoms with van der Waals surface area (Å²) in [5.41, 5.74) is 0. The lowest BCUT2D eigenvalue weighted by atomic mass is 10.2. The normalized spacial score (nSPS) is 13.2. The Hall–Kier alpha value is -0.260. The maximum Gasteiger partial charge on any atom is 0.107 e. The van der Waals surface area contributed by atoms with Crippen molar-refractivity contribution >= 4 is 22.1 Å². The van der Waals surface area contributed by atoms with Crippen LogP contribution in [0.3, 0.4) is 0 Å². The van der Waals surface area contributed by atoms with Crippen molar-refractivity contribution in [3.8, 4) is 0 Å². The largest absolute Gasteiger partial charge is 0.310 e. The van der Waals surface area contributed by atoms with E-state index in [4.69, 9.17) is 0 Å². The molecular formula is C11H20N2OS2. The van der Waals surface area contributed by atoms with E-state index in [-0.39, 0.29) is 0 Å². The van der Waals surface area contributed by atoms with Crippen molar-refractivity contribution < 1.29 is 4.21 Å². The molecule has 1 rings (SSSR count). The van der Waals surface area contributed by atoms with Gasteiger partial charge in [-0.1, -0.05) is 20.8 Å². The molecule has 1 aromatic rings. The number of nitrogens with zero attached hydrogens (tertiary/aromatic N) is 1. The van der Waals surface area contributed by atoms with E-state index < -0.39 is 10.8 Å². The lowest BCUT2D eigenvalue weighted by molar-refractivity contribution is 0.673. The van der Waals surface area contributed by atoms with Gasteiger partial charge in [-0.15, -0.1) is 11.3 Å². The standard InChI is InChI=1S/C11H20N2OS2/c1-4-16(14)6-5-12-8-11-13-7-10(15-11)9(2)3/h7,9,12H,4-6,8H2,1-3H3. The van der Waals surface area contributed by atoms with Gasteiger partial charge in [0.05, 0.1) is 0 Å². The van der Waals surface area contributed by atoms with Crippen molar-refractivity contribution in [2.75, 3.05) is 18.1 Å². The molecule has 0 spiro atoms. The molecule has 16 heavy (non-hydrogen) atoms. The SMILES string of the molecule is CCS(=O)CCNCc1ncc(C(C)C)s1. The van der Waals surface area contributed by atoms with Gasteiger partial charge >= 0.3 is 0 Å². The molecule has 0 aromatic carbocycles. The second kappa shape index (κ2) is 7.14. The highest BCUT2D eigenvalue weighted by Gasteiger charge is 2.05. The fraction of sp³-hybridized carbons (Fsp3) is 0.727. The monoisotopic (exact) mass is 260 g/mol. The predicted octanol–water partition coefficient (Wildman–Crippen LogP) is 2.12. The fourth-order valence-corrected chi connectivity index (χ4v) is 2.75. The number of nitrogens with one attached hydrogen (secondary N) is 1. The average Bonchev–Trinajstić information content (AvgIpc) is 2.72. The van der Waals surface area contributed by atoms with Crippen LogP contribution in [0, 0.1) is 0 Å². The summed E-state index contributed by atoms with van der Waals surface area (Å²) >= 11 is 1.76. The second-order valence-corrected chi connectivity index (χ2v) is 6.93. The Kier molecular flexibility index (Phi) is 6.16. The molecule has 0 amide bonds. The summed E-state index contributed by atoms with van der Waals surface area (Å²) < 4.78 is 11.2. The molecule has 0 aliphatic carbocycles. The Morgan fingerprint density at radius 3 is 2.88 bits per heavy atom. The van der Waals surface area contributed by atoms with Crippen LogP contribution in [0.5, 0.6) is 0 Å². The van der Waals surface area contributed by atoms with E-state index in [9.17, 15) is 4.21 Å². The van der Waals surface area contributed by atoms with Gasteiger partial charge in [-0.05, 0) is 5.92 Å². The maximum absolute atomic E-state index is 11.2. The molecule has 1 atom stereocenters. The molecule has 0 aliphatic heterocycles. The second-order valence-electron chi connectivity index (χ2n) is 3.92. The minimum Gasteiger partial charge on any atom is -0.310 e. The van der Waals surface area contributed by atoms with Gasteiger partial charge in [0, 0.05) is 46.5 Å². The molecule has 0 radical (unpaired) electrons. The van der Waals surface area contributed by atoms with Gasteiger partial charge in [-0.25, -0.2) is 4.98 Å². The molecule has 0 fully saturated rings. The van der Waals surface area contributed by atoms with Crippen LogP contribution in [0.15, 0.2) is 6.20 Å². The van der Waals surface area contributed by atoms with Gasteiger partial charge in [0.2, 0.25) is 0 Å². The van der Waals surface area contributed by atoms with Crippen molar-refractivity contribution in [1.82, 2.24) is 10.3 Å². The lowest BCUT2D eigenvalue weighted by Gasteiger charge is -2.01. The summed E-state index contributed by atoms with van der Waals surface area (Å²) in [4.78, 5) is 5.68. The summed E-state index contributed by atoms with van der Waals surface area (Å²) in [7, 11) is -0.666. The number of rotatable bonds is 7. The molecule has 0 bridgehead atoms. The third-order valence-corrected chi connectivity index (χ3v) is 4.85. The minimum absolute atomic E-state index is 0.554.